The lowest BCUT2D eigenvalue weighted by Gasteiger charge is -2.18. The fraction of sp³-hybridized carbons (Fsp3) is 0.894. The second-order valence-corrected chi connectivity index (χ2v) is 15.7. The lowest BCUT2D eigenvalue weighted by atomic mass is 10.0. The van der Waals surface area contributed by atoms with Crippen LogP contribution >= 0.6 is 0 Å². The first kappa shape index (κ1) is 51.1. The molecule has 0 heterocycles. The normalized spacial score (nSPS) is 12.0. The van der Waals surface area contributed by atoms with E-state index in [1.807, 2.05) is 0 Å². The molecule has 0 saturated carbocycles. The van der Waals surface area contributed by atoms with E-state index in [0.29, 0.717) is 19.3 Å². The smallest absolute Gasteiger partial charge is 0.306 e. The number of hydrogen-bond donors (Lipinski definition) is 0. The molecular formula is C47H88O6. The van der Waals surface area contributed by atoms with E-state index in [9.17, 15) is 14.4 Å². The molecular weight excluding hydrogens is 661 g/mol. The van der Waals surface area contributed by atoms with E-state index < -0.39 is 6.10 Å². The molecule has 0 rings (SSSR count). The van der Waals surface area contributed by atoms with E-state index in [1.165, 1.54) is 148 Å². The van der Waals surface area contributed by atoms with Crippen LogP contribution in [0.15, 0.2) is 12.2 Å². The van der Waals surface area contributed by atoms with Crippen LogP contribution in [0.25, 0.3) is 0 Å². The standard InChI is InChI=1S/C47H88O6/c1-4-7-10-13-16-19-21-23-24-25-27-28-31-34-37-40-46(49)52-43-44(42-51-45(48)39-36-33-30-18-15-12-9-6-3)53-47(50)41-38-35-32-29-26-22-20-17-14-11-8-5-2/h17,20,44H,4-16,18-19,21-43H2,1-3H3/b20-17-. The molecule has 0 aromatic rings. The third-order valence-corrected chi connectivity index (χ3v) is 10.3. The van der Waals surface area contributed by atoms with Gasteiger partial charge in [0.1, 0.15) is 13.2 Å². The van der Waals surface area contributed by atoms with Crippen LogP contribution in [0.3, 0.4) is 0 Å². The summed E-state index contributed by atoms with van der Waals surface area (Å²) < 4.78 is 16.7. The lowest BCUT2D eigenvalue weighted by Crippen LogP contribution is -2.30. The maximum absolute atomic E-state index is 12.7. The van der Waals surface area contributed by atoms with Gasteiger partial charge in [-0.3, -0.25) is 14.4 Å². The highest BCUT2D eigenvalue weighted by Gasteiger charge is 2.19. The van der Waals surface area contributed by atoms with Gasteiger partial charge in [0, 0.05) is 19.3 Å². The van der Waals surface area contributed by atoms with Crippen molar-refractivity contribution >= 4 is 17.9 Å². The van der Waals surface area contributed by atoms with Gasteiger partial charge in [-0.2, -0.15) is 0 Å². The molecule has 0 N–H and O–H groups in total. The number of hydrogen-bond acceptors (Lipinski definition) is 6. The zero-order chi connectivity index (χ0) is 38.7. The van der Waals surface area contributed by atoms with Gasteiger partial charge in [0.05, 0.1) is 0 Å². The summed E-state index contributed by atoms with van der Waals surface area (Å²) in [4.78, 5) is 37.6. The highest BCUT2D eigenvalue weighted by Crippen LogP contribution is 2.15. The van der Waals surface area contributed by atoms with Crippen molar-refractivity contribution in [2.75, 3.05) is 13.2 Å². The van der Waals surface area contributed by atoms with Crippen molar-refractivity contribution in [2.24, 2.45) is 0 Å². The molecule has 312 valence electrons. The molecule has 0 saturated heterocycles. The van der Waals surface area contributed by atoms with Gasteiger partial charge in [-0.1, -0.05) is 200 Å². The predicted molar refractivity (Wildman–Crippen MR) is 224 cm³/mol. The van der Waals surface area contributed by atoms with Crippen molar-refractivity contribution in [3.05, 3.63) is 12.2 Å². The van der Waals surface area contributed by atoms with Gasteiger partial charge >= 0.3 is 17.9 Å². The van der Waals surface area contributed by atoms with E-state index >= 15 is 0 Å². The summed E-state index contributed by atoms with van der Waals surface area (Å²) in [5, 5.41) is 0. The first-order valence-electron chi connectivity index (χ1n) is 23.2. The van der Waals surface area contributed by atoms with Crippen molar-refractivity contribution in [1.82, 2.24) is 0 Å². The van der Waals surface area contributed by atoms with Crippen molar-refractivity contribution in [2.45, 2.75) is 258 Å². The minimum absolute atomic E-state index is 0.0691. The summed E-state index contributed by atoms with van der Waals surface area (Å²) in [6, 6.07) is 0. The number of allylic oxidation sites excluding steroid dienone is 2. The first-order chi connectivity index (χ1) is 26.0. The van der Waals surface area contributed by atoms with Gasteiger partial charge in [0.15, 0.2) is 6.10 Å². The Bertz CT molecular complexity index is 824. The molecule has 1 atom stereocenters. The second kappa shape index (κ2) is 42.9. The van der Waals surface area contributed by atoms with Crippen LogP contribution in [-0.4, -0.2) is 37.2 Å². The summed E-state index contributed by atoms with van der Waals surface area (Å²) in [7, 11) is 0. The first-order valence-corrected chi connectivity index (χ1v) is 23.2. The molecule has 6 nitrogen and oxygen atoms in total. The van der Waals surface area contributed by atoms with Gasteiger partial charge in [0.25, 0.3) is 0 Å². The quantitative estimate of drug-likeness (QED) is 0.0268. The van der Waals surface area contributed by atoms with Crippen molar-refractivity contribution in [3.8, 4) is 0 Å². The zero-order valence-electron chi connectivity index (χ0n) is 35.6. The molecule has 6 heteroatoms. The highest BCUT2D eigenvalue weighted by atomic mass is 16.6. The van der Waals surface area contributed by atoms with E-state index in [0.717, 1.165) is 64.2 Å². The Balaban J connectivity index is 4.29. The fourth-order valence-corrected chi connectivity index (χ4v) is 6.73. The third-order valence-electron chi connectivity index (χ3n) is 10.3. The molecule has 0 aromatic carbocycles. The average molecular weight is 749 g/mol. The summed E-state index contributed by atoms with van der Waals surface area (Å²) >= 11 is 0. The Hall–Kier alpha value is -1.85. The topological polar surface area (TPSA) is 78.9 Å². The highest BCUT2D eigenvalue weighted by molar-refractivity contribution is 5.71. The van der Waals surface area contributed by atoms with Crippen LogP contribution in [0.2, 0.25) is 0 Å². The maximum Gasteiger partial charge on any atom is 0.306 e. The number of carbonyl (C=O) groups excluding carboxylic acids is 3. The molecule has 0 aliphatic rings. The van der Waals surface area contributed by atoms with Crippen LogP contribution in [0.1, 0.15) is 252 Å². The number of ether oxygens (including phenoxy) is 3. The molecule has 0 aliphatic heterocycles. The molecule has 0 aromatic heterocycles. The minimum Gasteiger partial charge on any atom is -0.462 e. The molecule has 0 aliphatic carbocycles. The molecule has 0 spiro atoms. The largest absolute Gasteiger partial charge is 0.462 e. The van der Waals surface area contributed by atoms with Gasteiger partial charge < -0.3 is 14.2 Å². The maximum atomic E-state index is 12.7. The molecule has 0 radical (unpaired) electrons. The number of carbonyl (C=O) groups is 3. The molecule has 0 bridgehead atoms. The van der Waals surface area contributed by atoms with E-state index in [2.05, 4.69) is 32.9 Å². The van der Waals surface area contributed by atoms with Gasteiger partial charge in [0.2, 0.25) is 0 Å². The molecule has 0 amide bonds. The van der Waals surface area contributed by atoms with Crippen LogP contribution in [0.5, 0.6) is 0 Å². The van der Waals surface area contributed by atoms with Gasteiger partial charge in [-0.05, 0) is 44.9 Å². The fourth-order valence-electron chi connectivity index (χ4n) is 6.73. The summed E-state index contributed by atoms with van der Waals surface area (Å²) in [6.07, 6.45) is 44.8. The Morgan fingerprint density at radius 2 is 0.623 bits per heavy atom. The van der Waals surface area contributed by atoms with Crippen molar-refractivity contribution in [3.63, 3.8) is 0 Å². The number of esters is 3. The van der Waals surface area contributed by atoms with E-state index in [-0.39, 0.29) is 31.1 Å². The molecule has 0 fully saturated rings. The lowest BCUT2D eigenvalue weighted by molar-refractivity contribution is -0.167. The Morgan fingerprint density at radius 3 is 0.981 bits per heavy atom. The second-order valence-electron chi connectivity index (χ2n) is 15.7. The average Bonchev–Trinajstić information content (AvgIpc) is 3.15. The SMILES string of the molecule is CCCCC/C=C\CCCCCCCC(=O)OC(COC(=O)CCCCCCCCCC)COC(=O)CCCCCCCCCCCCCCCCC. The van der Waals surface area contributed by atoms with Crippen molar-refractivity contribution in [1.29, 1.82) is 0 Å². The summed E-state index contributed by atoms with van der Waals surface area (Å²) in [6.45, 7) is 6.59. The van der Waals surface area contributed by atoms with Crippen LogP contribution in [-0.2, 0) is 28.6 Å². The van der Waals surface area contributed by atoms with Gasteiger partial charge in [-0.25, -0.2) is 0 Å². The monoisotopic (exact) mass is 749 g/mol. The van der Waals surface area contributed by atoms with E-state index in [1.54, 1.807) is 0 Å². The Kier molecular flexibility index (Phi) is 41.4. The Labute approximate surface area is 329 Å². The zero-order valence-corrected chi connectivity index (χ0v) is 35.6. The third kappa shape index (κ3) is 41.2. The van der Waals surface area contributed by atoms with Gasteiger partial charge in [-0.15, -0.1) is 0 Å². The molecule has 53 heavy (non-hydrogen) atoms. The van der Waals surface area contributed by atoms with Crippen LogP contribution in [0.4, 0.5) is 0 Å². The predicted octanol–water partition coefficient (Wildman–Crippen LogP) is 14.6. The van der Waals surface area contributed by atoms with Crippen LogP contribution < -0.4 is 0 Å². The number of rotatable bonds is 42. The summed E-state index contributed by atoms with van der Waals surface area (Å²) in [5.74, 6) is -0.874. The van der Waals surface area contributed by atoms with E-state index in [4.69, 9.17) is 14.2 Å². The minimum atomic E-state index is -0.765. The Morgan fingerprint density at radius 1 is 0.358 bits per heavy atom. The molecule has 1 unspecified atom stereocenters. The van der Waals surface area contributed by atoms with Crippen molar-refractivity contribution < 1.29 is 28.6 Å². The summed E-state index contributed by atoms with van der Waals surface area (Å²) in [5.41, 5.74) is 0. The number of unbranched alkanes of at least 4 members (excludes halogenated alkanes) is 29. The van der Waals surface area contributed by atoms with Crippen LogP contribution in [0, 0.1) is 0 Å².